The third-order valence-electron chi connectivity index (χ3n) is 2.16. The van der Waals surface area contributed by atoms with Gasteiger partial charge >= 0.3 is 0 Å². The summed E-state index contributed by atoms with van der Waals surface area (Å²) in [4.78, 5) is 4.44. The first-order valence-electron chi connectivity index (χ1n) is 5.48. The van der Waals surface area contributed by atoms with Crippen LogP contribution in [0.1, 0.15) is 33.0 Å². The van der Waals surface area contributed by atoms with Gasteiger partial charge in [0.2, 0.25) is 0 Å². The minimum absolute atomic E-state index is 0.592. The minimum atomic E-state index is 0.592. The van der Waals surface area contributed by atoms with E-state index < -0.39 is 0 Å². The normalized spacial score (nSPS) is 13.0. The Morgan fingerprint density at radius 1 is 1.40 bits per heavy atom. The highest BCUT2D eigenvalue weighted by atomic mass is 32.2. The van der Waals surface area contributed by atoms with Gasteiger partial charge in [-0.1, -0.05) is 32.5 Å². The molecule has 1 aromatic rings. The Morgan fingerprint density at radius 2 is 2.20 bits per heavy atom. The zero-order chi connectivity index (χ0) is 11.1. The molecule has 0 fully saturated rings. The quantitative estimate of drug-likeness (QED) is 0.749. The Labute approximate surface area is 100 Å². The van der Waals surface area contributed by atoms with Crippen molar-refractivity contribution in [3.05, 3.63) is 5.82 Å². The summed E-state index contributed by atoms with van der Waals surface area (Å²) < 4.78 is 5.37. The van der Waals surface area contributed by atoms with Crippen molar-refractivity contribution in [2.24, 2.45) is 0 Å². The first-order valence-corrected chi connectivity index (χ1v) is 7.24. The number of hydrogen-bond acceptors (Lipinski definition) is 5. The molecule has 15 heavy (non-hydrogen) atoms. The maximum atomic E-state index is 4.44. The molecule has 1 rings (SSSR count). The number of nitrogens with zero attached hydrogens (tertiary/aromatic N) is 2. The molecule has 1 heterocycles. The number of rotatable bonds is 7. The van der Waals surface area contributed by atoms with Gasteiger partial charge in [-0.2, -0.15) is 4.37 Å². The molecule has 1 aromatic heterocycles. The summed E-state index contributed by atoms with van der Waals surface area (Å²) in [5.41, 5.74) is 0. The van der Waals surface area contributed by atoms with Crippen LogP contribution in [0.3, 0.4) is 0 Å². The molecule has 0 saturated carbocycles. The Hall–Kier alpha value is -0.130. The van der Waals surface area contributed by atoms with Crippen molar-refractivity contribution in [1.82, 2.24) is 14.7 Å². The Balaban J connectivity index is 2.34. The van der Waals surface area contributed by atoms with Crippen LogP contribution >= 0.6 is 23.3 Å². The van der Waals surface area contributed by atoms with Crippen LogP contribution in [0.15, 0.2) is 4.34 Å². The SMILES string of the molecule is CCNC(CC)CSc1nc(CC)ns1. The zero-order valence-corrected chi connectivity index (χ0v) is 11.2. The summed E-state index contributed by atoms with van der Waals surface area (Å²) in [6.45, 7) is 7.48. The average Bonchev–Trinajstić information content (AvgIpc) is 2.72. The summed E-state index contributed by atoms with van der Waals surface area (Å²) in [6.07, 6.45) is 2.10. The van der Waals surface area contributed by atoms with E-state index in [-0.39, 0.29) is 0 Å². The van der Waals surface area contributed by atoms with E-state index in [1.54, 1.807) is 0 Å². The van der Waals surface area contributed by atoms with Gasteiger partial charge in [0.25, 0.3) is 0 Å². The highest BCUT2D eigenvalue weighted by molar-refractivity contribution is 8.00. The van der Waals surface area contributed by atoms with Gasteiger partial charge in [0.1, 0.15) is 5.82 Å². The van der Waals surface area contributed by atoms with Crippen molar-refractivity contribution < 1.29 is 0 Å². The van der Waals surface area contributed by atoms with Gasteiger partial charge in [0.15, 0.2) is 4.34 Å². The first-order chi connectivity index (χ1) is 7.30. The second kappa shape index (κ2) is 7.19. The monoisotopic (exact) mass is 245 g/mol. The van der Waals surface area contributed by atoms with Crippen molar-refractivity contribution in [2.45, 2.75) is 44.0 Å². The van der Waals surface area contributed by atoms with Gasteiger partial charge in [-0.05, 0) is 24.5 Å². The molecule has 1 atom stereocenters. The molecule has 3 nitrogen and oxygen atoms in total. The van der Waals surface area contributed by atoms with E-state index in [2.05, 4.69) is 35.4 Å². The fourth-order valence-corrected chi connectivity index (χ4v) is 3.12. The standard InChI is InChI=1S/C10H19N3S2/c1-4-8(11-6-3)7-14-10-12-9(5-2)13-15-10/h8,11H,4-7H2,1-3H3. The number of aryl methyl sites for hydroxylation is 1. The van der Waals surface area contributed by atoms with Gasteiger partial charge < -0.3 is 5.32 Å². The van der Waals surface area contributed by atoms with Crippen molar-refractivity contribution in [1.29, 1.82) is 0 Å². The molecule has 0 radical (unpaired) electrons. The van der Waals surface area contributed by atoms with Crippen molar-refractivity contribution >= 4 is 23.3 Å². The van der Waals surface area contributed by atoms with Crippen LogP contribution < -0.4 is 5.32 Å². The van der Waals surface area contributed by atoms with Gasteiger partial charge in [-0.25, -0.2) is 4.98 Å². The van der Waals surface area contributed by atoms with Crippen molar-refractivity contribution in [2.75, 3.05) is 12.3 Å². The lowest BCUT2D eigenvalue weighted by Crippen LogP contribution is -2.30. The molecule has 0 aromatic carbocycles. The molecule has 0 aliphatic heterocycles. The summed E-state index contributed by atoms with van der Waals surface area (Å²) in [7, 11) is 0. The molecule has 0 saturated heterocycles. The average molecular weight is 245 g/mol. The highest BCUT2D eigenvalue weighted by Gasteiger charge is 2.08. The third-order valence-corrected chi connectivity index (χ3v) is 4.19. The Kier molecular flexibility index (Phi) is 6.20. The van der Waals surface area contributed by atoms with Gasteiger partial charge in [0.05, 0.1) is 0 Å². The van der Waals surface area contributed by atoms with Crippen LogP contribution in [-0.2, 0) is 6.42 Å². The smallest absolute Gasteiger partial charge is 0.170 e. The summed E-state index contributed by atoms with van der Waals surface area (Å²) >= 11 is 3.33. The molecular formula is C10H19N3S2. The van der Waals surface area contributed by atoms with Crippen LogP contribution in [0, 0.1) is 0 Å². The molecule has 0 amide bonds. The van der Waals surface area contributed by atoms with Crippen molar-refractivity contribution in [3.8, 4) is 0 Å². The van der Waals surface area contributed by atoms with Crippen LogP contribution in [0.5, 0.6) is 0 Å². The highest BCUT2D eigenvalue weighted by Crippen LogP contribution is 2.21. The number of thioether (sulfide) groups is 1. The van der Waals surface area contributed by atoms with E-state index in [9.17, 15) is 0 Å². The summed E-state index contributed by atoms with van der Waals surface area (Å²) in [5, 5.41) is 3.46. The lowest BCUT2D eigenvalue weighted by atomic mass is 10.2. The van der Waals surface area contributed by atoms with Crippen LogP contribution in [0.2, 0.25) is 0 Å². The molecule has 1 N–H and O–H groups in total. The van der Waals surface area contributed by atoms with Crippen molar-refractivity contribution in [3.63, 3.8) is 0 Å². The molecule has 86 valence electrons. The topological polar surface area (TPSA) is 37.8 Å². The molecule has 0 spiro atoms. The molecule has 1 unspecified atom stereocenters. The third kappa shape index (κ3) is 4.49. The van der Waals surface area contributed by atoms with E-state index in [4.69, 9.17) is 0 Å². The van der Waals surface area contributed by atoms with Gasteiger partial charge in [-0.15, -0.1) is 0 Å². The van der Waals surface area contributed by atoms with Gasteiger partial charge in [-0.3, -0.25) is 0 Å². The van der Waals surface area contributed by atoms with Crippen LogP contribution in [0.25, 0.3) is 0 Å². The molecule has 0 bridgehead atoms. The van der Waals surface area contributed by atoms with E-state index in [1.165, 1.54) is 18.0 Å². The lowest BCUT2D eigenvalue weighted by Gasteiger charge is -2.13. The zero-order valence-electron chi connectivity index (χ0n) is 9.62. The largest absolute Gasteiger partial charge is 0.313 e. The van der Waals surface area contributed by atoms with Crippen LogP contribution in [0.4, 0.5) is 0 Å². The Bertz CT molecular complexity index is 275. The van der Waals surface area contributed by atoms with E-state index in [0.29, 0.717) is 6.04 Å². The maximum Gasteiger partial charge on any atom is 0.170 e. The van der Waals surface area contributed by atoms with E-state index in [0.717, 1.165) is 28.9 Å². The molecular weight excluding hydrogens is 226 g/mol. The summed E-state index contributed by atoms with van der Waals surface area (Å²) in [6, 6.07) is 0.592. The number of aromatic nitrogens is 2. The second-order valence-corrected chi connectivity index (χ2v) is 5.32. The molecule has 0 aliphatic rings. The molecule has 0 aliphatic carbocycles. The van der Waals surface area contributed by atoms with Gasteiger partial charge in [0, 0.05) is 18.2 Å². The minimum Gasteiger partial charge on any atom is -0.313 e. The summed E-state index contributed by atoms with van der Waals surface area (Å²) in [5.74, 6) is 2.06. The molecule has 5 heteroatoms. The lowest BCUT2D eigenvalue weighted by molar-refractivity contribution is 0.560. The van der Waals surface area contributed by atoms with Crippen LogP contribution in [-0.4, -0.2) is 27.7 Å². The second-order valence-electron chi connectivity index (χ2n) is 3.30. The number of hydrogen-bond donors (Lipinski definition) is 1. The Morgan fingerprint density at radius 3 is 2.73 bits per heavy atom. The predicted octanol–water partition coefficient (Wildman–Crippen LogP) is 2.58. The maximum absolute atomic E-state index is 4.44. The number of nitrogens with one attached hydrogen (secondary N) is 1. The van der Waals surface area contributed by atoms with E-state index in [1.807, 2.05) is 11.8 Å². The predicted molar refractivity (Wildman–Crippen MR) is 67.8 cm³/mol. The fraction of sp³-hybridized carbons (Fsp3) is 0.800. The fourth-order valence-electron chi connectivity index (χ4n) is 1.22. The first kappa shape index (κ1) is 12.9. The van der Waals surface area contributed by atoms with E-state index >= 15 is 0 Å².